The molecule has 32 heavy (non-hydrogen) atoms. The number of hydrogen-bond acceptors (Lipinski definition) is 5. The second-order valence-corrected chi connectivity index (χ2v) is 8.05. The average molecular weight is 440 g/mol. The normalized spacial score (nSPS) is 14.6. The third-order valence-electron chi connectivity index (χ3n) is 5.65. The zero-order chi connectivity index (χ0) is 22.7. The first kappa shape index (κ1) is 22.0. The number of nitrogens with one attached hydrogen (secondary N) is 1. The van der Waals surface area contributed by atoms with E-state index in [9.17, 15) is 13.6 Å². The largest absolute Gasteiger partial charge is 0.441 e. The van der Waals surface area contributed by atoms with Crippen LogP contribution in [-0.2, 0) is 11.2 Å². The second-order valence-electron chi connectivity index (χ2n) is 8.05. The summed E-state index contributed by atoms with van der Waals surface area (Å²) in [5.41, 5.74) is 2.76. The molecule has 1 aliphatic heterocycles. The fraction of sp³-hybridized carbons (Fsp3) is 0.333. The molecule has 0 radical (unpaired) electrons. The van der Waals surface area contributed by atoms with Gasteiger partial charge in [0.05, 0.1) is 11.8 Å². The quantitative estimate of drug-likeness (QED) is 0.621. The maximum absolute atomic E-state index is 13.9. The molecule has 1 aliphatic rings. The summed E-state index contributed by atoms with van der Waals surface area (Å²) in [5.74, 6) is -1.37. The van der Waals surface area contributed by atoms with E-state index in [2.05, 4.69) is 27.1 Å². The van der Waals surface area contributed by atoms with E-state index in [0.717, 1.165) is 49.6 Å². The first-order valence-corrected chi connectivity index (χ1v) is 10.6. The smallest absolute Gasteiger partial charge is 0.224 e. The molecule has 0 bridgehead atoms. The van der Waals surface area contributed by atoms with Crippen molar-refractivity contribution in [2.24, 2.45) is 0 Å². The summed E-state index contributed by atoms with van der Waals surface area (Å²) < 4.78 is 33.3. The van der Waals surface area contributed by atoms with E-state index in [4.69, 9.17) is 4.42 Å². The molecule has 2 heterocycles. The second kappa shape index (κ2) is 9.48. The maximum atomic E-state index is 13.9. The number of carbonyl (C=O) groups is 1. The van der Waals surface area contributed by atoms with E-state index in [0.29, 0.717) is 0 Å². The number of rotatable bonds is 6. The number of piperazine rings is 1. The van der Waals surface area contributed by atoms with Gasteiger partial charge in [-0.3, -0.25) is 4.79 Å². The Balaban J connectivity index is 1.34. The van der Waals surface area contributed by atoms with Gasteiger partial charge < -0.3 is 19.5 Å². The highest BCUT2D eigenvalue weighted by Crippen LogP contribution is 2.27. The molecule has 0 atom stereocenters. The van der Waals surface area contributed by atoms with Crippen molar-refractivity contribution in [2.75, 3.05) is 43.4 Å². The van der Waals surface area contributed by atoms with Crippen molar-refractivity contribution >= 4 is 17.3 Å². The number of benzene rings is 2. The Hall–Kier alpha value is -3.26. The van der Waals surface area contributed by atoms with E-state index in [1.807, 2.05) is 25.1 Å². The molecule has 1 fully saturated rings. The van der Waals surface area contributed by atoms with Crippen molar-refractivity contribution in [3.05, 3.63) is 65.7 Å². The number of likely N-dealkylation sites (N-methyl/N-ethyl adjacent to an activating group) is 1. The number of nitrogens with zero attached hydrogens (tertiary/aromatic N) is 3. The average Bonchev–Trinajstić information content (AvgIpc) is 3.22. The first-order valence-electron chi connectivity index (χ1n) is 10.6. The summed E-state index contributed by atoms with van der Waals surface area (Å²) in [6.45, 7) is 6.07. The van der Waals surface area contributed by atoms with Gasteiger partial charge in [0.15, 0.2) is 11.7 Å². The van der Waals surface area contributed by atoms with Crippen LogP contribution in [0.1, 0.15) is 17.9 Å². The molecule has 0 saturated carbocycles. The van der Waals surface area contributed by atoms with Crippen LogP contribution in [0.15, 0.2) is 47.0 Å². The highest BCUT2D eigenvalue weighted by atomic mass is 19.1. The van der Waals surface area contributed by atoms with Crippen molar-refractivity contribution in [3.63, 3.8) is 0 Å². The number of oxazole rings is 1. The number of aryl methyl sites for hydroxylation is 2. The minimum Gasteiger partial charge on any atom is -0.441 e. The van der Waals surface area contributed by atoms with Crippen molar-refractivity contribution in [3.8, 4) is 11.3 Å². The third kappa shape index (κ3) is 4.96. The van der Waals surface area contributed by atoms with Crippen LogP contribution in [-0.4, -0.2) is 49.0 Å². The van der Waals surface area contributed by atoms with Crippen LogP contribution in [0.25, 0.3) is 11.3 Å². The molecule has 8 heteroatoms. The third-order valence-corrected chi connectivity index (χ3v) is 5.65. The summed E-state index contributed by atoms with van der Waals surface area (Å²) >= 11 is 0. The van der Waals surface area contributed by atoms with E-state index in [1.54, 1.807) is 0 Å². The van der Waals surface area contributed by atoms with E-state index in [1.165, 1.54) is 18.0 Å². The number of anilines is 2. The summed E-state index contributed by atoms with van der Waals surface area (Å²) in [4.78, 5) is 21.1. The Morgan fingerprint density at radius 3 is 2.53 bits per heavy atom. The summed E-state index contributed by atoms with van der Waals surface area (Å²) in [6, 6.07) is 9.52. The first-order chi connectivity index (χ1) is 15.4. The van der Waals surface area contributed by atoms with Crippen molar-refractivity contribution < 1.29 is 18.0 Å². The number of halogens is 2. The van der Waals surface area contributed by atoms with E-state index < -0.39 is 11.6 Å². The van der Waals surface area contributed by atoms with Crippen LogP contribution in [0.3, 0.4) is 0 Å². The molecule has 1 aromatic heterocycles. The van der Waals surface area contributed by atoms with Crippen LogP contribution < -0.4 is 10.2 Å². The van der Waals surface area contributed by atoms with Crippen LogP contribution in [0.4, 0.5) is 20.2 Å². The van der Waals surface area contributed by atoms with Crippen molar-refractivity contribution in [1.82, 2.24) is 9.88 Å². The Labute approximate surface area is 185 Å². The predicted molar refractivity (Wildman–Crippen MR) is 120 cm³/mol. The lowest BCUT2D eigenvalue weighted by Gasteiger charge is -2.35. The zero-order valence-electron chi connectivity index (χ0n) is 18.2. The molecule has 3 aromatic rings. The minimum atomic E-state index is -0.721. The van der Waals surface area contributed by atoms with Gasteiger partial charge in [-0.2, -0.15) is 0 Å². The predicted octanol–water partition coefficient (Wildman–Crippen LogP) is 4.25. The lowest BCUT2D eigenvalue weighted by Crippen LogP contribution is -2.44. The molecule has 0 spiro atoms. The number of hydrogen-bond donors (Lipinski definition) is 1. The molecule has 4 rings (SSSR count). The molecule has 168 valence electrons. The molecule has 6 nitrogen and oxygen atoms in total. The van der Waals surface area contributed by atoms with Crippen LogP contribution in [0.5, 0.6) is 0 Å². The molecular weight excluding hydrogens is 414 g/mol. The van der Waals surface area contributed by atoms with Gasteiger partial charge in [0, 0.05) is 50.4 Å². The van der Waals surface area contributed by atoms with Gasteiger partial charge in [0.2, 0.25) is 5.91 Å². The molecule has 0 aliphatic carbocycles. The van der Waals surface area contributed by atoms with Gasteiger partial charge in [-0.1, -0.05) is 6.07 Å². The van der Waals surface area contributed by atoms with E-state index >= 15 is 0 Å². The van der Waals surface area contributed by atoms with Gasteiger partial charge >= 0.3 is 0 Å². The van der Waals surface area contributed by atoms with Gasteiger partial charge in [0.25, 0.3) is 0 Å². The molecular formula is C24H26F2N4O2. The van der Waals surface area contributed by atoms with Gasteiger partial charge in [-0.25, -0.2) is 13.8 Å². The maximum Gasteiger partial charge on any atom is 0.224 e. The molecule has 1 N–H and O–H groups in total. The van der Waals surface area contributed by atoms with Crippen molar-refractivity contribution in [2.45, 2.75) is 19.8 Å². The fourth-order valence-corrected chi connectivity index (χ4v) is 3.85. The molecule has 1 amide bonds. The monoisotopic (exact) mass is 440 g/mol. The van der Waals surface area contributed by atoms with Crippen LogP contribution in [0.2, 0.25) is 0 Å². The van der Waals surface area contributed by atoms with Crippen LogP contribution in [0, 0.1) is 18.6 Å². The Morgan fingerprint density at radius 1 is 1.12 bits per heavy atom. The van der Waals surface area contributed by atoms with Crippen LogP contribution >= 0.6 is 0 Å². The topological polar surface area (TPSA) is 61.6 Å². The SMILES string of the molecule is Cc1cc(NC(=O)CCc2ncc(-c3c(F)cccc3F)o2)ccc1N1CCN(C)CC1. The lowest BCUT2D eigenvalue weighted by molar-refractivity contribution is -0.116. The van der Waals surface area contributed by atoms with Gasteiger partial charge in [-0.15, -0.1) is 0 Å². The highest BCUT2D eigenvalue weighted by molar-refractivity contribution is 5.91. The Morgan fingerprint density at radius 2 is 1.84 bits per heavy atom. The molecule has 2 aromatic carbocycles. The number of aromatic nitrogens is 1. The zero-order valence-corrected chi connectivity index (χ0v) is 18.2. The standard InChI is InChI=1S/C24H26F2N4O2/c1-16-14-17(6-7-20(16)30-12-10-29(2)11-13-30)28-22(31)8-9-23-27-15-21(32-23)24-18(25)4-3-5-19(24)26/h3-7,14-15H,8-13H2,1-2H3,(H,28,31). The van der Waals surface area contributed by atoms with Crippen molar-refractivity contribution in [1.29, 1.82) is 0 Å². The van der Waals surface area contributed by atoms with E-state index in [-0.39, 0.29) is 36.0 Å². The Kier molecular flexibility index (Phi) is 6.50. The number of amides is 1. The summed E-state index contributed by atoms with van der Waals surface area (Å²) in [5, 5.41) is 2.89. The van der Waals surface area contributed by atoms with Gasteiger partial charge in [-0.05, 0) is 49.9 Å². The van der Waals surface area contributed by atoms with Gasteiger partial charge in [0.1, 0.15) is 11.6 Å². The summed E-state index contributed by atoms with van der Waals surface area (Å²) in [7, 11) is 2.13. The molecule has 1 saturated heterocycles. The molecule has 0 unspecified atom stereocenters. The number of carbonyl (C=O) groups excluding carboxylic acids is 1. The fourth-order valence-electron chi connectivity index (χ4n) is 3.85. The Bertz CT molecular complexity index is 1090. The highest BCUT2D eigenvalue weighted by Gasteiger charge is 2.18. The summed E-state index contributed by atoms with van der Waals surface area (Å²) in [6.07, 6.45) is 1.63. The minimum absolute atomic E-state index is 0.00567. The lowest BCUT2D eigenvalue weighted by atomic mass is 10.1.